The quantitative estimate of drug-likeness (QED) is 0.603. The first-order valence-electron chi connectivity index (χ1n) is 3.67. The summed E-state index contributed by atoms with van der Waals surface area (Å²) in [6.45, 7) is 5.01. The Bertz CT molecular complexity index is 299. The largest absolute Gasteiger partial charge is 0.455 e. The summed E-state index contributed by atoms with van der Waals surface area (Å²) < 4.78 is 18.5. The molecule has 0 spiro atoms. The number of hydrogen-bond donors (Lipinski definition) is 0. The molecule has 1 heterocycles. The van der Waals surface area contributed by atoms with Crippen LogP contribution in [0.15, 0.2) is 35.1 Å². The molecule has 0 aliphatic heterocycles. The third-order valence-corrected chi connectivity index (χ3v) is 1.80. The highest BCUT2D eigenvalue weighted by atomic mass is 79.9. The summed E-state index contributed by atoms with van der Waals surface area (Å²) >= 11 is 3.16. The third kappa shape index (κ3) is 3.14. The van der Waals surface area contributed by atoms with E-state index in [0.717, 1.165) is 0 Å². The van der Waals surface area contributed by atoms with Crippen LogP contribution in [0.5, 0.6) is 5.75 Å². The molecular formula is C9H9BrFNO. The lowest BCUT2D eigenvalue weighted by atomic mass is 10.3. The zero-order valence-corrected chi connectivity index (χ0v) is 8.71. The predicted molar refractivity (Wildman–Crippen MR) is 52.3 cm³/mol. The number of ether oxygens (including phenoxy) is 1. The Morgan fingerprint density at radius 3 is 2.85 bits per heavy atom. The van der Waals surface area contributed by atoms with Crippen LogP contribution in [0.4, 0.5) is 4.39 Å². The molecule has 0 aromatic carbocycles. The fourth-order valence-electron chi connectivity index (χ4n) is 0.652. The maximum absolute atomic E-state index is 13.0. The molecule has 0 saturated carbocycles. The lowest BCUT2D eigenvalue weighted by Gasteiger charge is -2.09. The van der Waals surface area contributed by atoms with Gasteiger partial charge in [0.25, 0.3) is 6.36 Å². The molecule has 2 nitrogen and oxygen atoms in total. The summed E-state index contributed by atoms with van der Waals surface area (Å²) in [5.41, 5.74) is 0.336. The van der Waals surface area contributed by atoms with Gasteiger partial charge in [0.2, 0.25) is 0 Å². The summed E-state index contributed by atoms with van der Waals surface area (Å²) in [6, 6.07) is 3.31. The van der Waals surface area contributed by atoms with Crippen molar-refractivity contribution in [3.05, 3.63) is 35.1 Å². The number of alkyl halides is 1. The lowest BCUT2D eigenvalue weighted by Crippen LogP contribution is -2.10. The maximum atomic E-state index is 13.0. The molecule has 1 atom stereocenters. The van der Waals surface area contributed by atoms with Crippen molar-refractivity contribution in [3.63, 3.8) is 0 Å². The number of rotatable bonds is 3. The number of nitrogens with zero attached hydrogens (tertiary/aromatic N) is 1. The van der Waals surface area contributed by atoms with Crippen LogP contribution in [0.25, 0.3) is 0 Å². The van der Waals surface area contributed by atoms with Crippen molar-refractivity contribution in [1.29, 1.82) is 0 Å². The van der Waals surface area contributed by atoms with Crippen molar-refractivity contribution in [3.8, 4) is 5.75 Å². The third-order valence-electron chi connectivity index (χ3n) is 1.33. The van der Waals surface area contributed by atoms with E-state index >= 15 is 0 Å². The summed E-state index contributed by atoms with van der Waals surface area (Å²) in [5, 5.41) is 0. The number of aromatic nitrogens is 1. The van der Waals surface area contributed by atoms with Gasteiger partial charge in [-0.25, -0.2) is 4.98 Å². The minimum absolute atomic E-state index is 0.336. The molecule has 1 aromatic rings. The van der Waals surface area contributed by atoms with Crippen molar-refractivity contribution in [1.82, 2.24) is 4.98 Å². The van der Waals surface area contributed by atoms with E-state index in [1.807, 2.05) is 0 Å². The van der Waals surface area contributed by atoms with Gasteiger partial charge in [0.05, 0.1) is 6.20 Å². The van der Waals surface area contributed by atoms with Crippen LogP contribution in [-0.2, 0) is 0 Å². The molecule has 0 bridgehead atoms. The minimum Gasteiger partial charge on any atom is -0.455 e. The number of hydrogen-bond acceptors (Lipinski definition) is 2. The molecule has 1 aromatic heterocycles. The molecule has 70 valence electrons. The fraction of sp³-hybridized carbons (Fsp3) is 0.222. The van der Waals surface area contributed by atoms with Crippen molar-refractivity contribution in [2.24, 2.45) is 0 Å². The second-order valence-electron chi connectivity index (χ2n) is 2.60. The molecule has 0 radical (unpaired) electrons. The van der Waals surface area contributed by atoms with Crippen LogP contribution >= 0.6 is 15.9 Å². The van der Waals surface area contributed by atoms with Crippen LogP contribution in [0.2, 0.25) is 0 Å². The first-order valence-corrected chi connectivity index (χ1v) is 4.46. The monoisotopic (exact) mass is 245 g/mol. The van der Waals surface area contributed by atoms with E-state index in [1.54, 1.807) is 19.1 Å². The zero-order chi connectivity index (χ0) is 9.84. The highest BCUT2D eigenvalue weighted by Gasteiger charge is 2.07. The first-order chi connectivity index (χ1) is 6.09. The van der Waals surface area contributed by atoms with Gasteiger partial charge >= 0.3 is 0 Å². The average molecular weight is 246 g/mol. The van der Waals surface area contributed by atoms with Gasteiger partial charge in [-0.2, -0.15) is 4.39 Å². The van der Waals surface area contributed by atoms with Gasteiger partial charge in [-0.3, -0.25) is 0 Å². The molecule has 0 fully saturated rings. The van der Waals surface area contributed by atoms with E-state index in [-0.39, 0.29) is 0 Å². The average Bonchev–Trinajstić information content (AvgIpc) is 2.08. The van der Waals surface area contributed by atoms with Gasteiger partial charge in [0, 0.05) is 0 Å². The summed E-state index contributed by atoms with van der Waals surface area (Å²) in [5.74, 6) is 0.388. The van der Waals surface area contributed by atoms with E-state index in [1.165, 1.54) is 6.20 Å². The van der Waals surface area contributed by atoms with E-state index < -0.39 is 6.36 Å². The normalized spacial score (nSPS) is 12.2. The number of pyridine rings is 1. The highest BCUT2D eigenvalue weighted by molar-refractivity contribution is 9.10. The Kier molecular flexibility index (Phi) is 3.42. The van der Waals surface area contributed by atoms with Crippen LogP contribution < -0.4 is 4.74 Å². The van der Waals surface area contributed by atoms with Gasteiger partial charge in [-0.05, 0) is 40.6 Å². The van der Waals surface area contributed by atoms with Crippen molar-refractivity contribution in [2.75, 3.05) is 0 Å². The first kappa shape index (κ1) is 10.2. The number of halogens is 2. The molecule has 0 aliphatic rings. The van der Waals surface area contributed by atoms with Gasteiger partial charge in [-0.1, -0.05) is 6.58 Å². The van der Waals surface area contributed by atoms with E-state index in [4.69, 9.17) is 4.74 Å². The van der Waals surface area contributed by atoms with Gasteiger partial charge in [-0.15, -0.1) is 0 Å². The zero-order valence-electron chi connectivity index (χ0n) is 7.13. The van der Waals surface area contributed by atoms with Gasteiger partial charge in [0.15, 0.2) is 0 Å². The fourth-order valence-corrected chi connectivity index (χ4v) is 0.887. The SMILES string of the molecule is C=C(C)C(F)Oc1ccc(Br)nc1. The van der Waals surface area contributed by atoms with E-state index in [0.29, 0.717) is 15.9 Å². The molecular weight excluding hydrogens is 237 g/mol. The van der Waals surface area contributed by atoms with Crippen molar-refractivity contribution >= 4 is 15.9 Å². The Morgan fingerprint density at radius 2 is 2.38 bits per heavy atom. The molecule has 1 rings (SSSR count). The Morgan fingerprint density at radius 1 is 1.69 bits per heavy atom. The molecule has 0 aliphatic carbocycles. The highest BCUT2D eigenvalue weighted by Crippen LogP contribution is 2.16. The molecule has 13 heavy (non-hydrogen) atoms. The predicted octanol–water partition coefficient (Wildman–Crippen LogP) is 3.09. The van der Waals surface area contributed by atoms with Crippen molar-refractivity contribution in [2.45, 2.75) is 13.3 Å². The molecule has 0 saturated heterocycles. The standard InChI is InChI=1S/C9H9BrFNO/c1-6(2)9(11)13-7-3-4-8(10)12-5-7/h3-5,9H,1H2,2H3. The second-order valence-corrected chi connectivity index (χ2v) is 3.41. The topological polar surface area (TPSA) is 22.1 Å². The molecule has 0 amide bonds. The molecule has 1 unspecified atom stereocenters. The van der Waals surface area contributed by atoms with E-state index in [2.05, 4.69) is 27.5 Å². The van der Waals surface area contributed by atoms with Gasteiger partial charge < -0.3 is 4.74 Å². The summed E-state index contributed by atoms with van der Waals surface area (Å²) in [7, 11) is 0. The molecule has 4 heteroatoms. The smallest absolute Gasteiger partial charge is 0.259 e. The lowest BCUT2D eigenvalue weighted by molar-refractivity contribution is 0.102. The summed E-state index contributed by atoms with van der Waals surface area (Å²) in [4.78, 5) is 3.89. The Hall–Kier alpha value is -0.900. The summed E-state index contributed by atoms with van der Waals surface area (Å²) in [6.07, 6.45) is -0.0254. The van der Waals surface area contributed by atoms with E-state index in [9.17, 15) is 4.39 Å². The maximum Gasteiger partial charge on any atom is 0.259 e. The van der Waals surface area contributed by atoms with Crippen LogP contribution in [-0.4, -0.2) is 11.3 Å². The van der Waals surface area contributed by atoms with Gasteiger partial charge in [0.1, 0.15) is 10.4 Å². The van der Waals surface area contributed by atoms with Crippen LogP contribution in [0, 0.1) is 0 Å². The Balaban J connectivity index is 2.64. The van der Waals surface area contributed by atoms with Crippen LogP contribution in [0.1, 0.15) is 6.92 Å². The Labute approximate surface area is 84.6 Å². The second kappa shape index (κ2) is 4.37. The minimum atomic E-state index is -1.47. The molecule has 0 N–H and O–H groups in total. The van der Waals surface area contributed by atoms with Crippen molar-refractivity contribution < 1.29 is 9.13 Å². The van der Waals surface area contributed by atoms with Crippen LogP contribution in [0.3, 0.4) is 0 Å².